The summed E-state index contributed by atoms with van der Waals surface area (Å²) in [6.45, 7) is 5.80. The van der Waals surface area contributed by atoms with Crippen LogP contribution in [0, 0.1) is 13.8 Å². The average molecular weight is 369 g/mol. The number of hydrogen-bond acceptors (Lipinski definition) is 6. The molecule has 1 N–H and O–H groups in total. The van der Waals surface area contributed by atoms with Gasteiger partial charge in [0.25, 0.3) is 5.56 Å². The number of aryl methyl sites for hydroxylation is 3. The molecule has 0 aliphatic rings. The van der Waals surface area contributed by atoms with Crippen LogP contribution in [-0.2, 0) is 17.8 Å². The summed E-state index contributed by atoms with van der Waals surface area (Å²) in [6, 6.07) is 9.12. The summed E-state index contributed by atoms with van der Waals surface area (Å²) in [7, 11) is 0. The van der Waals surface area contributed by atoms with Gasteiger partial charge >= 0.3 is 0 Å². The molecular weight excluding hydrogens is 350 g/mol. The molecule has 8 heteroatoms. The molecular formula is C18H19N5O2S. The van der Waals surface area contributed by atoms with Gasteiger partial charge in [-0.05, 0) is 31.9 Å². The lowest BCUT2D eigenvalue weighted by atomic mass is 10.0. The first-order valence-electron chi connectivity index (χ1n) is 8.24. The Hall–Kier alpha value is -2.87. The standard InChI is InChI=1S/C18H19N5O2S/c1-4-16-20-21-18(26-16)19-15(24)10-23-17(25)8-7-14(22-23)13-6-5-11(2)9-12(13)3/h5-9H,4,10H2,1-3H3,(H,19,21,24). The monoisotopic (exact) mass is 369 g/mol. The topological polar surface area (TPSA) is 89.8 Å². The molecule has 0 bridgehead atoms. The molecule has 0 aliphatic heterocycles. The molecule has 3 aromatic rings. The molecule has 3 rings (SSSR count). The van der Waals surface area contributed by atoms with Crippen LogP contribution in [0.2, 0.25) is 0 Å². The molecule has 2 heterocycles. The van der Waals surface area contributed by atoms with Crippen LogP contribution in [0.15, 0.2) is 35.1 Å². The quantitative estimate of drug-likeness (QED) is 0.746. The summed E-state index contributed by atoms with van der Waals surface area (Å²) in [5, 5.41) is 16.1. The number of benzene rings is 1. The predicted octanol–water partition coefficient (Wildman–Crippen LogP) is 2.58. The normalized spacial score (nSPS) is 10.7. The fraction of sp³-hybridized carbons (Fsp3) is 0.278. The Bertz CT molecular complexity index is 1010. The Morgan fingerprint density at radius 3 is 2.69 bits per heavy atom. The van der Waals surface area contributed by atoms with Crippen LogP contribution >= 0.6 is 11.3 Å². The van der Waals surface area contributed by atoms with Crippen LogP contribution in [0.1, 0.15) is 23.1 Å². The third-order valence-electron chi connectivity index (χ3n) is 3.83. The van der Waals surface area contributed by atoms with E-state index in [-0.39, 0.29) is 18.0 Å². The van der Waals surface area contributed by atoms with E-state index >= 15 is 0 Å². The smallest absolute Gasteiger partial charge is 0.267 e. The third kappa shape index (κ3) is 4.02. The lowest BCUT2D eigenvalue weighted by molar-refractivity contribution is -0.117. The lowest BCUT2D eigenvalue weighted by Crippen LogP contribution is -2.29. The van der Waals surface area contributed by atoms with Gasteiger partial charge in [-0.3, -0.25) is 14.9 Å². The van der Waals surface area contributed by atoms with Crippen molar-refractivity contribution in [3.05, 3.63) is 56.8 Å². The summed E-state index contributed by atoms with van der Waals surface area (Å²) < 4.78 is 1.16. The fourth-order valence-corrected chi connectivity index (χ4v) is 3.24. The number of amides is 1. The first-order chi connectivity index (χ1) is 12.5. The van der Waals surface area contributed by atoms with Gasteiger partial charge in [0.1, 0.15) is 11.6 Å². The molecule has 0 radical (unpaired) electrons. The summed E-state index contributed by atoms with van der Waals surface area (Å²) in [4.78, 5) is 24.3. The van der Waals surface area contributed by atoms with Gasteiger partial charge in [-0.25, -0.2) is 4.68 Å². The minimum Gasteiger partial charge on any atom is -0.299 e. The van der Waals surface area contributed by atoms with Crippen LogP contribution in [0.4, 0.5) is 5.13 Å². The third-order valence-corrected chi connectivity index (χ3v) is 4.82. The van der Waals surface area contributed by atoms with E-state index in [4.69, 9.17) is 0 Å². The Morgan fingerprint density at radius 2 is 2.00 bits per heavy atom. The number of nitrogens with zero attached hydrogens (tertiary/aromatic N) is 4. The summed E-state index contributed by atoms with van der Waals surface area (Å²) in [6.07, 6.45) is 0.756. The first kappa shape index (κ1) is 17.9. The van der Waals surface area contributed by atoms with Crippen molar-refractivity contribution in [1.29, 1.82) is 0 Å². The van der Waals surface area contributed by atoms with Crippen LogP contribution in [0.5, 0.6) is 0 Å². The largest absolute Gasteiger partial charge is 0.299 e. The van der Waals surface area contributed by atoms with Crippen molar-refractivity contribution in [1.82, 2.24) is 20.0 Å². The zero-order valence-electron chi connectivity index (χ0n) is 14.8. The maximum atomic E-state index is 12.2. The zero-order chi connectivity index (χ0) is 18.7. The van der Waals surface area contributed by atoms with Crippen molar-refractivity contribution in [3.63, 3.8) is 0 Å². The van der Waals surface area contributed by atoms with Crippen LogP contribution in [0.3, 0.4) is 0 Å². The number of carbonyl (C=O) groups excluding carboxylic acids is 1. The molecule has 2 aromatic heterocycles. The molecule has 0 fully saturated rings. The Balaban J connectivity index is 1.81. The SMILES string of the molecule is CCc1nnc(NC(=O)Cn2nc(-c3ccc(C)cc3C)ccc2=O)s1. The molecule has 1 aromatic carbocycles. The van der Waals surface area contributed by atoms with Crippen LogP contribution in [-0.4, -0.2) is 25.9 Å². The van der Waals surface area contributed by atoms with Crippen LogP contribution < -0.4 is 10.9 Å². The van der Waals surface area contributed by atoms with Crippen molar-refractivity contribution in [2.75, 3.05) is 5.32 Å². The van der Waals surface area contributed by atoms with E-state index in [1.807, 2.05) is 32.9 Å². The van der Waals surface area contributed by atoms with Gasteiger partial charge in [-0.1, -0.05) is 42.0 Å². The van der Waals surface area contributed by atoms with Gasteiger partial charge in [0.2, 0.25) is 11.0 Å². The lowest BCUT2D eigenvalue weighted by Gasteiger charge is -2.09. The minimum absolute atomic E-state index is 0.182. The van der Waals surface area contributed by atoms with Gasteiger partial charge < -0.3 is 0 Å². The van der Waals surface area contributed by atoms with Crippen LogP contribution in [0.25, 0.3) is 11.3 Å². The second-order valence-corrected chi connectivity index (χ2v) is 7.00. The molecule has 26 heavy (non-hydrogen) atoms. The second-order valence-electron chi connectivity index (χ2n) is 5.94. The van der Waals surface area contributed by atoms with Gasteiger partial charge in [-0.15, -0.1) is 10.2 Å². The highest BCUT2D eigenvalue weighted by Crippen LogP contribution is 2.21. The molecule has 7 nitrogen and oxygen atoms in total. The number of carbonyl (C=O) groups is 1. The van der Waals surface area contributed by atoms with Crippen molar-refractivity contribution in [3.8, 4) is 11.3 Å². The van der Waals surface area contributed by atoms with E-state index in [2.05, 4.69) is 26.7 Å². The van der Waals surface area contributed by atoms with Gasteiger partial charge in [0.05, 0.1) is 5.69 Å². The van der Waals surface area contributed by atoms with Crippen molar-refractivity contribution < 1.29 is 4.79 Å². The zero-order valence-corrected chi connectivity index (χ0v) is 15.6. The van der Waals surface area contributed by atoms with Crippen molar-refractivity contribution in [2.24, 2.45) is 0 Å². The second kappa shape index (κ2) is 7.57. The fourth-order valence-electron chi connectivity index (χ4n) is 2.55. The van der Waals surface area contributed by atoms with Gasteiger partial charge in [0.15, 0.2) is 0 Å². The molecule has 0 spiro atoms. The Labute approximate surface area is 154 Å². The predicted molar refractivity (Wildman–Crippen MR) is 101 cm³/mol. The van der Waals surface area contributed by atoms with Gasteiger partial charge in [0, 0.05) is 11.6 Å². The number of nitrogens with one attached hydrogen (secondary N) is 1. The molecule has 0 unspecified atom stereocenters. The van der Waals surface area contributed by atoms with Crippen molar-refractivity contribution >= 4 is 22.4 Å². The molecule has 0 saturated carbocycles. The molecule has 134 valence electrons. The van der Waals surface area contributed by atoms with E-state index in [1.165, 1.54) is 17.4 Å². The maximum Gasteiger partial charge on any atom is 0.267 e. The summed E-state index contributed by atoms with van der Waals surface area (Å²) >= 11 is 1.32. The van der Waals surface area contributed by atoms with Gasteiger partial charge in [-0.2, -0.15) is 5.10 Å². The van der Waals surface area contributed by atoms with E-state index < -0.39 is 0 Å². The number of rotatable bonds is 5. The molecule has 0 atom stereocenters. The highest BCUT2D eigenvalue weighted by molar-refractivity contribution is 7.15. The molecule has 0 saturated heterocycles. The average Bonchev–Trinajstić information content (AvgIpc) is 3.04. The Kier molecular flexibility index (Phi) is 5.22. The number of anilines is 1. The highest BCUT2D eigenvalue weighted by Gasteiger charge is 2.11. The first-order valence-corrected chi connectivity index (χ1v) is 9.06. The summed E-state index contributed by atoms with van der Waals surface area (Å²) in [5.74, 6) is -0.365. The Morgan fingerprint density at radius 1 is 1.19 bits per heavy atom. The van der Waals surface area contributed by atoms with E-state index in [9.17, 15) is 9.59 Å². The van der Waals surface area contributed by atoms with Crippen molar-refractivity contribution in [2.45, 2.75) is 33.7 Å². The molecule has 0 aliphatic carbocycles. The van der Waals surface area contributed by atoms with E-state index in [0.29, 0.717) is 10.8 Å². The number of aromatic nitrogens is 4. The number of hydrogen-bond donors (Lipinski definition) is 1. The van der Waals surface area contributed by atoms with E-state index in [0.717, 1.165) is 32.8 Å². The minimum atomic E-state index is -0.365. The molecule has 1 amide bonds. The maximum absolute atomic E-state index is 12.2. The summed E-state index contributed by atoms with van der Waals surface area (Å²) in [5.41, 5.74) is 3.47. The highest BCUT2D eigenvalue weighted by atomic mass is 32.1. The van der Waals surface area contributed by atoms with E-state index in [1.54, 1.807) is 6.07 Å².